The molecule has 0 saturated carbocycles. The number of ether oxygens (including phenoxy) is 1. The molecule has 1 unspecified atom stereocenters. The minimum atomic E-state index is -0.762. The van der Waals surface area contributed by atoms with Crippen LogP contribution in [0.2, 0.25) is 0 Å². The van der Waals surface area contributed by atoms with Crippen molar-refractivity contribution in [2.45, 2.75) is 25.9 Å². The number of benzene rings is 2. The molecule has 34 heavy (non-hydrogen) atoms. The van der Waals surface area contributed by atoms with E-state index in [-0.39, 0.29) is 11.8 Å². The fourth-order valence-corrected chi connectivity index (χ4v) is 4.08. The van der Waals surface area contributed by atoms with Crippen molar-refractivity contribution < 1.29 is 14.3 Å². The van der Waals surface area contributed by atoms with Gasteiger partial charge in [-0.15, -0.1) is 15.3 Å². The van der Waals surface area contributed by atoms with Crippen LogP contribution >= 0.6 is 0 Å². The molecule has 2 amide bonds. The average molecular weight is 460 g/mol. The molecule has 1 fully saturated rings. The van der Waals surface area contributed by atoms with E-state index in [2.05, 4.69) is 31.0 Å². The molecular formula is C24H25N7O3. The third-order valence-corrected chi connectivity index (χ3v) is 6.05. The largest absolute Gasteiger partial charge is 0.481 e. The highest BCUT2D eigenvalue weighted by Gasteiger charge is 2.26. The molecule has 0 spiro atoms. The van der Waals surface area contributed by atoms with Gasteiger partial charge in [0.15, 0.2) is 11.8 Å². The Bertz CT molecular complexity index is 1330. The van der Waals surface area contributed by atoms with Gasteiger partial charge in [0.2, 0.25) is 5.91 Å². The number of carbonyl (C=O) groups is 2. The highest BCUT2D eigenvalue weighted by atomic mass is 16.5. The molecule has 0 radical (unpaired) electrons. The van der Waals surface area contributed by atoms with Gasteiger partial charge < -0.3 is 9.64 Å². The molecule has 10 heteroatoms. The van der Waals surface area contributed by atoms with Gasteiger partial charge >= 0.3 is 0 Å². The molecular weight excluding hydrogens is 434 g/mol. The van der Waals surface area contributed by atoms with Crippen LogP contribution in [0.15, 0.2) is 60.9 Å². The van der Waals surface area contributed by atoms with Crippen molar-refractivity contribution in [3.63, 3.8) is 0 Å². The molecule has 1 aliphatic heterocycles. The third-order valence-electron chi connectivity index (χ3n) is 6.05. The van der Waals surface area contributed by atoms with Crippen LogP contribution in [0.1, 0.15) is 19.8 Å². The maximum Gasteiger partial charge on any atom is 0.279 e. The number of hydrazine groups is 1. The molecule has 5 rings (SSSR count). The second-order valence-electron chi connectivity index (χ2n) is 8.33. The average Bonchev–Trinajstić information content (AvgIpc) is 3.35. The number of hydrogen-bond acceptors (Lipinski definition) is 7. The molecule has 3 heterocycles. The predicted molar refractivity (Wildman–Crippen MR) is 126 cm³/mol. The van der Waals surface area contributed by atoms with Gasteiger partial charge in [-0.1, -0.05) is 30.3 Å². The monoisotopic (exact) mass is 459 g/mol. The van der Waals surface area contributed by atoms with Crippen molar-refractivity contribution >= 4 is 34.1 Å². The minimum absolute atomic E-state index is 0.188. The van der Waals surface area contributed by atoms with Crippen LogP contribution in [0.4, 0.5) is 5.82 Å². The minimum Gasteiger partial charge on any atom is -0.481 e. The van der Waals surface area contributed by atoms with Crippen LogP contribution in [0, 0.1) is 5.92 Å². The standard InChI is InChI=1S/C24H25N7O3/c1-16(34-20-7-6-17-4-2-3-5-19(17)14-20)23(32)27-28-24(33)18-10-12-30(13-11-18)22-9-8-21-26-25-15-31(21)29-22/h2-9,14-16,18H,10-13H2,1H3,(H,27,32)(H,28,33). The number of nitrogens with one attached hydrogen (secondary N) is 2. The number of hydrogen-bond donors (Lipinski definition) is 2. The van der Waals surface area contributed by atoms with Crippen molar-refractivity contribution in [2.24, 2.45) is 5.92 Å². The smallest absolute Gasteiger partial charge is 0.279 e. The van der Waals surface area contributed by atoms with E-state index >= 15 is 0 Å². The van der Waals surface area contributed by atoms with Gasteiger partial charge in [-0.2, -0.15) is 4.52 Å². The summed E-state index contributed by atoms with van der Waals surface area (Å²) in [5.41, 5.74) is 5.73. The number of amides is 2. The van der Waals surface area contributed by atoms with E-state index in [0.29, 0.717) is 37.3 Å². The molecule has 174 valence electrons. The van der Waals surface area contributed by atoms with E-state index in [1.54, 1.807) is 17.8 Å². The van der Waals surface area contributed by atoms with E-state index in [4.69, 9.17) is 4.74 Å². The van der Waals surface area contributed by atoms with Crippen molar-refractivity contribution in [3.8, 4) is 5.75 Å². The van der Waals surface area contributed by atoms with Gasteiger partial charge in [0.25, 0.3) is 5.91 Å². The van der Waals surface area contributed by atoms with Crippen LogP contribution in [0.25, 0.3) is 16.4 Å². The van der Waals surface area contributed by atoms with Crippen molar-refractivity contribution in [1.82, 2.24) is 30.7 Å². The van der Waals surface area contributed by atoms with Gasteiger partial charge in [-0.3, -0.25) is 20.4 Å². The predicted octanol–water partition coefficient (Wildman–Crippen LogP) is 2.11. The van der Waals surface area contributed by atoms with Crippen LogP contribution in [-0.2, 0) is 9.59 Å². The summed E-state index contributed by atoms with van der Waals surface area (Å²) in [6.07, 6.45) is 2.12. The lowest BCUT2D eigenvalue weighted by Crippen LogP contribution is -2.50. The first-order valence-corrected chi connectivity index (χ1v) is 11.2. The lowest BCUT2D eigenvalue weighted by molar-refractivity contribution is -0.134. The Morgan fingerprint density at radius 1 is 1.03 bits per heavy atom. The second kappa shape index (κ2) is 9.34. The van der Waals surface area contributed by atoms with Crippen LogP contribution in [0.3, 0.4) is 0 Å². The molecule has 2 aromatic heterocycles. The molecule has 1 atom stereocenters. The molecule has 1 aliphatic rings. The number of piperidine rings is 1. The molecule has 0 aliphatic carbocycles. The maximum atomic E-state index is 12.6. The normalized spacial score (nSPS) is 15.3. The van der Waals surface area contributed by atoms with Gasteiger partial charge in [0.05, 0.1) is 0 Å². The Morgan fingerprint density at radius 3 is 2.65 bits per heavy atom. The number of fused-ring (bicyclic) bond motifs is 2. The first-order chi connectivity index (χ1) is 16.6. The summed E-state index contributed by atoms with van der Waals surface area (Å²) >= 11 is 0. The number of aromatic nitrogens is 4. The van der Waals surface area contributed by atoms with Crippen molar-refractivity contribution in [3.05, 3.63) is 60.9 Å². The van der Waals surface area contributed by atoms with E-state index < -0.39 is 12.0 Å². The quantitative estimate of drug-likeness (QED) is 0.440. The topological polar surface area (TPSA) is 114 Å². The Hall–Kier alpha value is -4.21. The number of carbonyl (C=O) groups excluding carboxylic acids is 2. The lowest BCUT2D eigenvalue weighted by atomic mass is 9.96. The summed E-state index contributed by atoms with van der Waals surface area (Å²) in [6, 6.07) is 17.4. The van der Waals surface area contributed by atoms with E-state index in [9.17, 15) is 9.59 Å². The Morgan fingerprint density at radius 2 is 1.82 bits per heavy atom. The zero-order chi connectivity index (χ0) is 23.5. The summed E-state index contributed by atoms with van der Waals surface area (Å²) in [5.74, 6) is 0.614. The van der Waals surface area contributed by atoms with Gasteiger partial charge in [-0.25, -0.2) is 0 Å². The molecule has 0 bridgehead atoms. The van der Waals surface area contributed by atoms with Crippen LogP contribution < -0.4 is 20.5 Å². The van der Waals surface area contributed by atoms with Gasteiger partial charge in [0.1, 0.15) is 17.9 Å². The molecule has 1 saturated heterocycles. The summed E-state index contributed by atoms with van der Waals surface area (Å²) in [7, 11) is 0. The van der Waals surface area contributed by atoms with Crippen LogP contribution in [-0.4, -0.2) is 50.8 Å². The summed E-state index contributed by atoms with van der Waals surface area (Å²) in [6.45, 7) is 3.02. The van der Waals surface area contributed by atoms with Gasteiger partial charge in [0, 0.05) is 19.0 Å². The SMILES string of the molecule is CC(Oc1ccc2ccccc2c1)C(=O)NNC(=O)C1CCN(c2ccc3nncn3n2)CC1. The lowest BCUT2D eigenvalue weighted by Gasteiger charge is -2.32. The van der Waals surface area contributed by atoms with Gasteiger partial charge in [-0.05, 0) is 54.8 Å². The number of nitrogens with zero attached hydrogens (tertiary/aromatic N) is 5. The zero-order valence-electron chi connectivity index (χ0n) is 18.7. The molecule has 4 aromatic rings. The Balaban J connectivity index is 1.09. The number of rotatable bonds is 5. The fourth-order valence-electron chi connectivity index (χ4n) is 4.08. The molecule has 2 aromatic carbocycles. The zero-order valence-corrected chi connectivity index (χ0v) is 18.7. The highest BCUT2D eigenvalue weighted by Crippen LogP contribution is 2.23. The first kappa shape index (κ1) is 21.6. The number of anilines is 1. The Labute approximate surface area is 195 Å². The summed E-state index contributed by atoms with van der Waals surface area (Å²) in [4.78, 5) is 27.2. The maximum absolute atomic E-state index is 12.6. The first-order valence-electron chi connectivity index (χ1n) is 11.2. The van der Waals surface area contributed by atoms with Crippen molar-refractivity contribution in [1.29, 1.82) is 0 Å². The van der Waals surface area contributed by atoms with Crippen molar-refractivity contribution in [2.75, 3.05) is 18.0 Å². The van der Waals surface area contributed by atoms with E-state index in [1.807, 2.05) is 54.6 Å². The summed E-state index contributed by atoms with van der Waals surface area (Å²) < 4.78 is 7.39. The fraction of sp³-hybridized carbons (Fsp3) is 0.292. The molecule has 2 N–H and O–H groups in total. The Kier molecular flexibility index (Phi) is 5.94. The van der Waals surface area contributed by atoms with Crippen LogP contribution in [0.5, 0.6) is 5.75 Å². The van der Waals surface area contributed by atoms with E-state index in [1.165, 1.54) is 0 Å². The molecule has 10 nitrogen and oxygen atoms in total. The van der Waals surface area contributed by atoms with E-state index in [0.717, 1.165) is 16.6 Å². The third kappa shape index (κ3) is 4.61. The highest BCUT2D eigenvalue weighted by molar-refractivity contribution is 5.86. The summed E-state index contributed by atoms with van der Waals surface area (Å²) in [5, 5.41) is 14.4. The second-order valence-corrected chi connectivity index (χ2v) is 8.33.